The Bertz CT molecular complexity index is 908. The molecule has 27 heavy (non-hydrogen) atoms. The van der Waals surface area contributed by atoms with Gasteiger partial charge in [-0.3, -0.25) is 9.52 Å². The topological polar surface area (TPSA) is 92.5 Å². The molecule has 1 heterocycles. The maximum absolute atomic E-state index is 12.7. The fourth-order valence-electron chi connectivity index (χ4n) is 3.37. The number of sulfonamides is 1. The van der Waals surface area contributed by atoms with Gasteiger partial charge in [0.1, 0.15) is 0 Å². The molecule has 1 amide bonds. The minimum Gasteiger partial charge on any atom is -0.336 e. The number of hydrogen-bond donors (Lipinski definition) is 2. The molecule has 2 unspecified atom stereocenters. The molecule has 3 N–H and O–H groups in total. The molecular weight excluding hydrogens is 362 g/mol. The van der Waals surface area contributed by atoms with Crippen molar-refractivity contribution >= 4 is 21.6 Å². The zero-order valence-electron chi connectivity index (χ0n) is 15.6. The van der Waals surface area contributed by atoms with E-state index in [0.29, 0.717) is 30.3 Å². The first-order chi connectivity index (χ1) is 12.8. The second-order valence-corrected chi connectivity index (χ2v) is 8.82. The fraction of sp³-hybridized carbons (Fsp3) is 0.350. The Morgan fingerprint density at radius 3 is 2.33 bits per heavy atom. The summed E-state index contributed by atoms with van der Waals surface area (Å²) in [5.41, 5.74) is 7.75. The van der Waals surface area contributed by atoms with E-state index < -0.39 is 10.0 Å². The molecule has 6 nitrogen and oxygen atoms in total. The summed E-state index contributed by atoms with van der Waals surface area (Å²) >= 11 is 0. The molecule has 2 aromatic rings. The van der Waals surface area contributed by atoms with Crippen molar-refractivity contribution in [2.75, 3.05) is 17.8 Å². The predicted molar refractivity (Wildman–Crippen MR) is 106 cm³/mol. The summed E-state index contributed by atoms with van der Waals surface area (Å²) in [6, 6.07) is 13.3. The van der Waals surface area contributed by atoms with Crippen LogP contribution in [0.1, 0.15) is 29.3 Å². The van der Waals surface area contributed by atoms with Crippen molar-refractivity contribution in [2.45, 2.75) is 31.2 Å². The van der Waals surface area contributed by atoms with Gasteiger partial charge in [-0.05, 0) is 69.1 Å². The van der Waals surface area contributed by atoms with Gasteiger partial charge >= 0.3 is 0 Å². The summed E-state index contributed by atoms with van der Waals surface area (Å²) < 4.78 is 27.6. The van der Waals surface area contributed by atoms with Crippen molar-refractivity contribution in [3.8, 4) is 0 Å². The number of nitrogens with zero attached hydrogens (tertiary/aromatic N) is 1. The Balaban J connectivity index is 1.74. The third-order valence-corrected chi connectivity index (χ3v) is 6.37. The molecule has 0 aliphatic carbocycles. The highest BCUT2D eigenvalue weighted by Crippen LogP contribution is 2.25. The molecule has 1 saturated heterocycles. The van der Waals surface area contributed by atoms with E-state index in [1.807, 2.05) is 30.9 Å². The van der Waals surface area contributed by atoms with Crippen LogP contribution in [0.5, 0.6) is 0 Å². The third-order valence-electron chi connectivity index (χ3n) is 4.97. The summed E-state index contributed by atoms with van der Waals surface area (Å²) in [5, 5.41) is 0. The van der Waals surface area contributed by atoms with Gasteiger partial charge in [0.05, 0.1) is 4.90 Å². The standard InChI is InChI=1S/C20H25N3O3S/c1-14-3-7-18(8-4-14)22-27(25,26)19-9-5-17(6-10-19)20(24)23-13-16(12-21)11-15(23)2/h3-10,15-16,22H,11-13,21H2,1-2H3. The molecule has 144 valence electrons. The number of likely N-dealkylation sites (tertiary alicyclic amines) is 1. The molecule has 0 aromatic heterocycles. The number of benzene rings is 2. The second kappa shape index (κ2) is 7.70. The lowest BCUT2D eigenvalue weighted by Gasteiger charge is -2.21. The normalized spacial score (nSPS) is 19.9. The van der Waals surface area contributed by atoms with Crippen molar-refractivity contribution in [1.29, 1.82) is 0 Å². The maximum Gasteiger partial charge on any atom is 0.261 e. The maximum atomic E-state index is 12.7. The largest absolute Gasteiger partial charge is 0.336 e. The number of rotatable bonds is 5. The molecular formula is C20H25N3O3S. The van der Waals surface area contributed by atoms with E-state index in [9.17, 15) is 13.2 Å². The summed E-state index contributed by atoms with van der Waals surface area (Å²) in [6.45, 7) is 5.16. The van der Waals surface area contributed by atoms with Gasteiger partial charge in [0.25, 0.3) is 15.9 Å². The predicted octanol–water partition coefficient (Wildman–Crippen LogP) is 2.61. The first-order valence-electron chi connectivity index (χ1n) is 9.01. The molecule has 2 aromatic carbocycles. The van der Waals surface area contributed by atoms with Crippen molar-refractivity contribution in [3.63, 3.8) is 0 Å². The number of hydrogen-bond acceptors (Lipinski definition) is 4. The molecule has 3 rings (SSSR count). The smallest absolute Gasteiger partial charge is 0.261 e. The van der Waals surface area contributed by atoms with Crippen LogP contribution >= 0.6 is 0 Å². The average Bonchev–Trinajstić information content (AvgIpc) is 3.04. The van der Waals surface area contributed by atoms with E-state index >= 15 is 0 Å². The van der Waals surface area contributed by atoms with E-state index in [1.54, 1.807) is 24.3 Å². The van der Waals surface area contributed by atoms with Crippen LogP contribution in [-0.2, 0) is 10.0 Å². The van der Waals surface area contributed by atoms with Crippen molar-refractivity contribution in [2.24, 2.45) is 11.7 Å². The lowest BCUT2D eigenvalue weighted by atomic mass is 10.1. The third kappa shape index (κ3) is 4.31. The van der Waals surface area contributed by atoms with E-state index in [1.165, 1.54) is 12.1 Å². The quantitative estimate of drug-likeness (QED) is 0.825. The number of anilines is 1. The van der Waals surface area contributed by atoms with Crippen LogP contribution in [0.3, 0.4) is 0 Å². The van der Waals surface area contributed by atoms with Gasteiger partial charge in [0, 0.05) is 23.8 Å². The molecule has 2 atom stereocenters. The zero-order chi connectivity index (χ0) is 19.6. The van der Waals surface area contributed by atoms with Crippen LogP contribution in [-0.4, -0.2) is 38.4 Å². The van der Waals surface area contributed by atoms with Gasteiger partial charge in [0.2, 0.25) is 0 Å². The lowest BCUT2D eigenvalue weighted by Crippen LogP contribution is -2.34. The van der Waals surface area contributed by atoms with Crippen LogP contribution in [0.4, 0.5) is 5.69 Å². The van der Waals surface area contributed by atoms with E-state index in [4.69, 9.17) is 5.73 Å². The second-order valence-electron chi connectivity index (χ2n) is 7.14. The highest BCUT2D eigenvalue weighted by atomic mass is 32.2. The molecule has 1 aliphatic rings. The SMILES string of the molecule is Cc1ccc(NS(=O)(=O)c2ccc(C(=O)N3CC(CN)CC3C)cc2)cc1. The van der Waals surface area contributed by atoms with Crippen LogP contribution in [0.25, 0.3) is 0 Å². The molecule has 0 spiro atoms. The van der Waals surface area contributed by atoms with Crippen LogP contribution in [0.15, 0.2) is 53.4 Å². The van der Waals surface area contributed by atoms with Crippen molar-refractivity contribution in [3.05, 3.63) is 59.7 Å². The van der Waals surface area contributed by atoms with Gasteiger partial charge < -0.3 is 10.6 Å². The summed E-state index contributed by atoms with van der Waals surface area (Å²) in [6.07, 6.45) is 0.898. The molecule has 0 saturated carbocycles. The molecule has 7 heteroatoms. The van der Waals surface area contributed by atoms with Gasteiger partial charge in [-0.1, -0.05) is 17.7 Å². The highest BCUT2D eigenvalue weighted by Gasteiger charge is 2.32. The number of amides is 1. The van der Waals surface area contributed by atoms with Crippen molar-refractivity contribution < 1.29 is 13.2 Å². The van der Waals surface area contributed by atoms with Gasteiger partial charge in [-0.2, -0.15) is 0 Å². The number of carbonyl (C=O) groups excluding carboxylic acids is 1. The van der Waals surface area contributed by atoms with Crippen LogP contribution < -0.4 is 10.5 Å². The van der Waals surface area contributed by atoms with E-state index in [0.717, 1.165) is 12.0 Å². The van der Waals surface area contributed by atoms with Gasteiger partial charge in [-0.15, -0.1) is 0 Å². The van der Waals surface area contributed by atoms with E-state index in [-0.39, 0.29) is 16.8 Å². The Labute approximate surface area is 160 Å². The number of aryl methyl sites for hydroxylation is 1. The Morgan fingerprint density at radius 1 is 1.15 bits per heavy atom. The van der Waals surface area contributed by atoms with Gasteiger partial charge in [-0.25, -0.2) is 8.42 Å². The van der Waals surface area contributed by atoms with Crippen LogP contribution in [0.2, 0.25) is 0 Å². The molecule has 0 radical (unpaired) electrons. The summed E-state index contributed by atoms with van der Waals surface area (Å²) in [4.78, 5) is 14.7. The number of carbonyl (C=O) groups is 1. The monoisotopic (exact) mass is 387 g/mol. The Morgan fingerprint density at radius 2 is 1.78 bits per heavy atom. The minimum atomic E-state index is -3.70. The summed E-state index contributed by atoms with van der Waals surface area (Å²) in [7, 11) is -3.70. The fourth-order valence-corrected chi connectivity index (χ4v) is 4.43. The Kier molecular flexibility index (Phi) is 5.53. The molecule has 1 aliphatic heterocycles. The number of nitrogens with one attached hydrogen (secondary N) is 1. The molecule has 1 fully saturated rings. The average molecular weight is 388 g/mol. The van der Waals surface area contributed by atoms with Crippen LogP contribution in [0, 0.1) is 12.8 Å². The lowest BCUT2D eigenvalue weighted by molar-refractivity contribution is 0.0743. The molecule has 0 bridgehead atoms. The van der Waals surface area contributed by atoms with Crippen molar-refractivity contribution in [1.82, 2.24) is 4.90 Å². The summed E-state index contributed by atoms with van der Waals surface area (Å²) in [5.74, 6) is 0.233. The number of nitrogens with two attached hydrogens (primary N) is 1. The highest BCUT2D eigenvalue weighted by molar-refractivity contribution is 7.92. The first kappa shape index (κ1) is 19.4. The minimum absolute atomic E-state index is 0.0890. The first-order valence-corrected chi connectivity index (χ1v) is 10.5. The zero-order valence-corrected chi connectivity index (χ0v) is 16.4. The van der Waals surface area contributed by atoms with E-state index in [2.05, 4.69) is 4.72 Å². The Hall–Kier alpha value is -2.38. The van der Waals surface area contributed by atoms with Gasteiger partial charge in [0.15, 0.2) is 0 Å².